The Labute approximate surface area is 133 Å². The van der Waals surface area contributed by atoms with E-state index in [-0.39, 0.29) is 5.57 Å². The highest BCUT2D eigenvalue weighted by molar-refractivity contribution is 7.86. The molecule has 0 aromatic heterocycles. The Bertz CT molecular complexity index is 659. The third kappa shape index (κ3) is 7.54. The lowest BCUT2D eigenvalue weighted by atomic mass is 9.96. The van der Waals surface area contributed by atoms with Crippen LogP contribution in [0.2, 0.25) is 0 Å². The molecule has 0 saturated carbocycles. The summed E-state index contributed by atoms with van der Waals surface area (Å²) >= 11 is 0. The zero-order valence-electron chi connectivity index (χ0n) is 12.3. The van der Waals surface area contributed by atoms with E-state index in [1.807, 2.05) is 0 Å². The predicted octanol–water partition coefficient (Wildman–Crippen LogP) is 0.175. The molecule has 0 radical (unpaired) electrons. The SMILES string of the molecule is CC(CC(CC(C)S(=O)(=O)O)=C(CC(=O)O)C(=O)O)S(=O)(=O)O. The minimum Gasteiger partial charge on any atom is -0.481 e. The maximum absolute atomic E-state index is 11.2. The van der Waals surface area contributed by atoms with Gasteiger partial charge in [0.1, 0.15) is 0 Å². The van der Waals surface area contributed by atoms with Crippen LogP contribution in [0.5, 0.6) is 0 Å². The number of aliphatic carboxylic acids is 2. The van der Waals surface area contributed by atoms with Crippen molar-refractivity contribution in [1.29, 1.82) is 0 Å². The molecular formula is C11H18O10S2. The minimum absolute atomic E-state index is 0.296. The molecule has 0 aliphatic carbocycles. The topological polar surface area (TPSA) is 183 Å². The highest BCUT2D eigenvalue weighted by Crippen LogP contribution is 2.25. The summed E-state index contributed by atoms with van der Waals surface area (Å²) in [6.45, 7) is 2.10. The number of carboxylic acid groups (broad SMARTS) is 2. The Kier molecular flexibility index (Phi) is 7.34. The smallest absolute Gasteiger partial charge is 0.332 e. The van der Waals surface area contributed by atoms with Gasteiger partial charge in [-0.15, -0.1) is 0 Å². The second-order valence-corrected chi connectivity index (χ2v) is 8.69. The third-order valence-electron chi connectivity index (χ3n) is 3.10. The molecule has 0 saturated heterocycles. The largest absolute Gasteiger partial charge is 0.481 e. The van der Waals surface area contributed by atoms with E-state index in [0.29, 0.717) is 0 Å². The van der Waals surface area contributed by atoms with E-state index >= 15 is 0 Å². The molecule has 2 unspecified atom stereocenters. The molecule has 0 aromatic carbocycles. The van der Waals surface area contributed by atoms with Crippen LogP contribution in [-0.4, -0.2) is 58.6 Å². The van der Waals surface area contributed by atoms with Gasteiger partial charge < -0.3 is 10.2 Å². The molecule has 0 heterocycles. The molecule has 0 aromatic rings. The fraction of sp³-hybridized carbons (Fsp3) is 0.636. The van der Waals surface area contributed by atoms with E-state index in [0.717, 1.165) is 13.8 Å². The van der Waals surface area contributed by atoms with Crippen molar-refractivity contribution in [1.82, 2.24) is 0 Å². The molecule has 23 heavy (non-hydrogen) atoms. The molecular weight excluding hydrogens is 356 g/mol. The molecule has 0 fully saturated rings. The van der Waals surface area contributed by atoms with Gasteiger partial charge in [-0.25, -0.2) is 4.79 Å². The van der Waals surface area contributed by atoms with Crippen molar-refractivity contribution in [2.75, 3.05) is 0 Å². The maximum Gasteiger partial charge on any atom is 0.332 e. The van der Waals surface area contributed by atoms with Crippen molar-refractivity contribution < 1.29 is 45.7 Å². The molecule has 0 aliphatic rings. The van der Waals surface area contributed by atoms with Crippen LogP contribution in [0.3, 0.4) is 0 Å². The van der Waals surface area contributed by atoms with Crippen LogP contribution in [0.25, 0.3) is 0 Å². The molecule has 4 N–H and O–H groups in total. The van der Waals surface area contributed by atoms with Gasteiger partial charge in [0.2, 0.25) is 0 Å². The number of carbonyl (C=O) groups is 2. The summed E-state index contributed by atoms with van der Waals surface area (Å²) in [7, 11) is -9.09. The third-order valence-corrected chi connectivity index (χ3v) is 5.46. The Morgan fingerprint density at radius 2 is 1.22 bits per heavy atom. The van der Waals surface area contributed by atoms with Gasteiger partial charge in [-0.1, -0.05) is 5.57 Å². The summed E-state index contributed by atoms with van der Waals surface area (Å²) in [5.74, 6) is -3.17. The standard InChI is InChI=1S/C11H18O10S2/c1-6(22(16,17)18)3-8(4-7(2)23(19,20)21)9(11(14)15)5-10(12)13/h6-7H,3-5H2,1-2H3,(H,12,13)(H,14,15)(H,16,17,18)(H,19,20,21). The second kappa shape index (κ2) is 7.86. The number of carboxylic acids is 2. The highest BCUT2D eigenvalue weighted by Gasteiger charge is 2.28. The highest BCUT2D eigenvalue weighted by atomic mass is 32.2. The van der Waals surface area contributed by atoms with Crippen molar-refractivity contribution in [3.8, 4) is 0 Å². The fourth-order valence-corrected chi connectivity index (χ4v) is 2.56. The number of allylic oxidation sites excluding steroid dienone is 1. The first-order valence-corrected chi connectivity index (χ1v) is 9.25. The zero-order valence-corrected chi connectivity index (χ0v) is 14.0. The first kappa shape index (κ1) is 21.5. The van der Waals surface area contributed by atoms with E-state index in [1.54, 1.807) is 0 Å². The Morgan fingerprint density at radius 1 is 0.870 bits per heavy atom. The molecule has 0 bridgehead atoms. The lowest BCUT2D eigenvalue weighted by Gasteiger charge is -2.17. The Morgan fingerprint density at radius 3 is 1.43 bits per heavy atom. The van der Waals surface area contributed by atoms with Gasteiger partial charge in [0, 0.05) is 5.57 Å². The summed E-state index contributed by atoms with van der Waals surface area (Å²) in [5, 5.41) is 14.9. The average Bonchev–Trinajstić information content (AvgIpc) is 2.31. The quantitative estimate of drug-likeness (QED) is 0.320. The number of hydrogen-bond acceptors (Lipinski definition) is 6. The van der Waals surface area contributed by atoms with E-state index in [4.69, 9.17) is 19.3 Å². The normalized spacial score (nSPS) is 14.8. The molecule has 10 nitrogen and oxygen atoms in total. The summed E-state index contributed by atoms with van der Waals surface area (Å²) in [4.78, 5) is 21.9. The van der Waals surface area contributed by atoms with Gasteiger partial charge in [-0.3, -0.25) is 13.9 Å². The molecule has 0 amide bonds. The van der Waals surface area contributed by atoms with Crippen molar-refractivity contribution in [3.63, 3.8) is 0 Å². The summed E-state index contributed by atoms with van der Waals surface area (Å²) in [6.07, 6.45) is -2.15. The van der Waals surface area contributed by atoms with Crippen LogP contribution >= 0.6 is 0 Å². The minimum atomic E-state index is -4.54. The lowest BCUT2D eigenvalue weighted by Crippen LogP contribution is -2.23. The summed E-state index contributed by atoms with van der Waals surface area (Å²) in [5.41, 5.74) is -0.987. The summed E-state index contributed by atoms with van der Waals surface area (Å²) < 4.78 is 62.2. The predicted molar refractivity (Wildman–Crippen MR) is 78.2 cm³/mol. The van der Waals surface area contributed by atoms with E-state index in [9.17, 15) is 26.4 Å². The fourth-order valence-electron chi connectivity index (χ4n) is 1.74. The molecule has 0 aliphatic heterocycles. The second-order valence-electron chi connectivity index (χ2n) is 5.02. The summed E-state index contributed by atoms with van der Waals surface area (Å²) in [6, 6.07) is 0. The van der Waals surface area contributed by atoms with E-state index in [1.165, 1.54) is 0 Å². The molecule has 0 rings (SSSR count). The maximum atomic E-state index is 11.2. The molecule has 2 atom stereocenters. The average molecular weight is 374 g/mol. The van der Waals surface area contributed by atoms with Crippen LogP contribution in [0.1, 0.15) is 33.1 Å². The Balaban J connectivity index is 5.94. The van der Waals surface area contributed by atoms with Gasteiger partial charge >= 0.3 is 11.9 Å². The van der Waals surface area contributed by atoms with Gasteiger partial charge in [-0.2, -0.15) is 16.8 Å². The Hall–Kier alpha value is -1.50. The molecule has 134 valence electrons. The lowest BCUT2D eigenvalue weighted by molar-refractivity contribution is -0.139. The van der Waals surface area contributed by atoms with Crippen molar-refractivity contribution in [2.24, 2.45) is 0 Å². The van der Waals surface area contributed by atoms with Gasteiger partial charge in [0.25, 0.3) is 20.2 Å². The van der Waals surface area contributed by atoms with Crippen molar-refractivity contribution in [2.45, 2.75) is 43.6 Å². The van der Waals surface area contributed by atoms with Crippen LogP contribution in [0.15, 0.2) is 11.1 Å². The first-order valence-electron chi connectivity index (χ1n) is 6.24. The first-order chi connectivity index (χ1) is 10.2. The van der Waals surface area contributed by atoms with Crippen LogP contribution in [-0.2, 0) is 29.8 Å². The monoisotopic (exact) mass is 374 g/mol. The van der Waals surface area contributed by atoms with Gasteiger partial charge in [0.05, 0.1) is 16.9 Å². The van der Waals surface area contributed by atoms with Crippen LogP contribution in [0.4, 0.5) is 0 Å². The van der Waals surface area contributed by atoms with Gasteiger partial charge in [0.15, 0.2) is 0 Å². The molecule has 0 spiro atoms. The zero-order chi connectivity index (χ0) is 18.6. The van der Waals surface area contributed by atoms with Crippen LogP contribution < -0.4 is 0 Å². The van der Waals surface area contributed by atoms with Crippen molar-refractivity contribution in [3.05, 3.63) is 11.1 Å². The molecule has 12 heteroatoms. The van der Waals surface area contributed by atoms with E-state index < -0.39 is 67.5 Å². The van der Waals surface area contributed by atoms with Crippen LogP contribution in [0, 0.1) is 0 Å². The number of rotatable bonds is 9. The van der Waals surface area contributed by atoms with E-state index in [2.05, 4.69) is 0 Å². The van der Waals surface area contributed by atoms with Gasteiger partial charge in [-0.05, 0) is 26.7 Å². The number of hydrogen-bond donors (Lipinski definition) is 4. The van der Waals surface area contributed by atoms with Crippen molar-refractivity contribution >= 4 is 32.2 Å².